The molecule has 0 aromatic heterocycles. The maximum absolute atomic E-state index is 5.19. The van der Waals surface area contributed by atoms with E-state index >= 15 is 0 Å². The highest BCUT2D eigenvalue weighted by atomic mass is 127. The fraction of sp³-hybridized carbons (Fsp3) is 0.708. The Morgan fingerprint density at radius 1 is 1.23 bits per heavy atom. The molecule has 2 N–H and O–H groups in total. The minimum absolute atomic E-state index is 0. The highest BCUT2D eigenvalue weighted by molar-refractivity contribution is 14.0. The lowest BCUT2D eigenvalue weighted by Crippen LogP contribution is -2.41. The number of rotatable bonds is 12. The Morgan fingerprint density at radius 3 is 2.58 bits per heavy atom. The normalized spacial score (nSPS) is 16.7. The molecule has 178 valence electrons. The molecule has 0 spiro atoms. The highest BCUT2D eigenvalue weighted by Gasteiger charge is 2.18. The van der Waals surface area contributed by atoms with E-state index in [-0.39, 0.29) is 24.0 Å². The average Bonchev–Trinajstić information content (AvgIpc) is 2.77. The molecule has 1 aromatic rings. The number of piperidine rings is 1. The maximum atomic E-state index is 5.19. The van der Waals surface area contributed by atoms with Gasteiger partial charge in [0.05, 0.1) is 6.61 Å². The molecule has 0 bridgehead atoms. The van der Waals surface area contributed by atoms with E-state index in [9.17, 15) is 0 Å². The van der Waals surface area contributed by atoms with Crippen molar-refractivity contribution < 1.29 is 4.74 Å². The van der Waals surface area contributed by atoms with Crippen molar-refractivity contribution in [1.82, 2.24) is 20.4 Å². The van der Waals surface area contributed by atoms with Gasteiger partial charge in [-0.1, -0.05) is 30.3 Å². The van der Waals surface area contributed by atoms with Crippen LogP contribution in [0.3, 0.4) is 0 Å². The number of nitrogens with one attached hydrogen (secondary N) is 2. The van der Waals surface area contributed by atoms with E-state index in [0.29, 0.717) is 12.0 Å². The first-order chi connectivity index (χ1) is 14.6. The summed E-state index contributed by atoms with van der Waals surface area (Å²) in [5.41, 5.74) is 1.36. The molecule has 0 aliphatic carbocycles. The smallest absolute Gasteiger partial charge is 0.191 e. The molecule has 1 aliphatic rings. The Hall–Kier alpha value is -0.900. The van der Waals surface area contributed by atoms with Gasteiger partial charge in [0.25, 0.3) is 0 Å². The van der Waals surface area contributed by atoms with E-state index in [4.69, 9.17) is 9.73 Å². The quantitative estimate of drug-likeness (QED) is 0.240. The third-order valence-corrected chi connectivity index (χ3v) is 6.05. The molecule has 6 nitrogen and oxygen atoms in total. The van der Waals surface area contributed by atoms with E-state index in [1.807, 2.05) is 0 Å². The monoisotopic (exact) mass is 545 g/mol. The molecule has 31 heavy (non-hydrogen) atoms. The molecule has 1 atom stereocenters. The van der Waals surface area contributed by atoms with E-state index in [1.165, 1.54) is 31.5 Å². The van der Waals surface area contributed by atoms with Crippen LogP contribution in [-0.4, -0.2) is 81.8 Å². The summed E-state index contributed by atoms with van der Waals surface area (Å²) in [7, 11) is 3.98. The molecule has 1 fully saturated rings. The van der Waals surface area contributed by atoms with Gasteiger partial charge in [-0.3, -0.25) is 9.89 Å². The van der Waals surface area contributed by atoms with Crippen LogP contribution in [0.5, 0.6) is 0 Å². The zero-order valence-electron chi connectivity index (χ0n) is 20.0. The van der Waals surface area contributed by atoms with E-state index in [2.05, 4.69) is 71.7 Å². The van der Waals surface area contributed by atoms with Crippen molar-refractivity contribution in [3.05, 3.63) is 35.9 Å². The summed E-state index contributed by atoms with van der Waals surface area (Å²) >= 11 is 0. The third kappa shape index (κ3) is 11.5. The largest absolute Gasteiger partial charge is 0.383 e. The van der Waals surface area contributed by atoms with E-state index in [0.717, 1.165) is 51.7 Å². The van der Waals surface area contributed by atoms with Crippen LogP contribution in [-0.2, 0) is 11.3 Å². The van der Waals surface area contributed by atoms with Crippen molar-refractivity contribution >= 4 is 29.9 Å². The molecular weight excluding hydrogens is 501 g/mol. The number of hydrogen-bond acceptors (Lipinski definition) is 4. The van der Waals surface area contributed by atoms with Crippen LogP contribution in [0.15, 0.2) is 35.3 Å². The van der Waals surface area contributed by atoms with Gasteiger partial charge in [0.15, 0.2) is 5.96 Å². The lowest BCUT2D eigenvalue weighted by Gasteiger charge is -2.31. The topological polar surface area (TPSA) is 52.1 Å². The molecule has 0 radical (unpaired) electrons. The van der Waals surface area contributed by atoms with Crippen molar-refractivity contribution in [3.63, 3.8) is 0 Å². The zero-order chi connectivity index (χ0) is 21.6. The van der Waals surface area contributed by atoms with Gasteiger partial charge in [0.2, 0.25) is 0 Å². The minimum Gasteiger partial charge on any atom is -0.383 e. The summed E-state index contributed by atoms with van der Waals surface area (Å²) in [6.45, 7) is 12.4. The standard InChI is InChI=1S/C24H43N5O.HI/c1-5-25-24(27-19-22-12-15-29(16-13-22)17-18-30-4)26-14-11-21(2)28(3)20-23-9-7-6-8-10-23;/h6-10,21-22H,5,11-20H2,1-4H3,(H2,25,26,27);1H. The number of likely N-dealkylation sites (tertiary alicyclic amines) is 1. The molecule has 1 aromatic carbocycles. The van der Waals surface area contributed by atoms with Gasteiger partial charge in [-0.25, -0.2) is 0 Å². The lowest BCUT2D eigenvalue weighted by molar-refractivity contribution is 0.121. The van der Waals surface area contributed by atoms with Gasteiger partial charge in [0.1, 0.15) is 0 Å². The van der Waals surface area contributed by atoms with Crippen LogP contribution in [0.25, 0.3) is 0 Å². The van der Waals surface area contributed by atoms with Gasteiger partial charge < -0.3 is 20.3 Å². The summed E-state index contributed by atoms with van der Waals surface area (Å²) in [6.07, 6.45) is 3.55. The van der Waals surface area contributed by atoms with Crippen LogP contribution in [0.4, 0.5) is 0 Å². The van der Waals surface area contributed by atoms with Gasteiger partial charge in [-0.15, -0.1) is 24.0 Å². The predicted molar refractivity (Wildman–Crippen MR) is 142 cm³/mol. The van der Waals surface area contributed by atoms with Crippen molar-refractivity contribution in [1.29, 1.82) is 0 Å². The van der Waals surface area contributed by atoms with Gasteiger partial charge in [-0.05, 0) is 64.7 Å². The van der Waals surface area contributed by atoms with Gasteiger partial charge in [-0.2, -0.15) is 0 Å². The Kier molecular flexibility index (Phi) is 15.2. The summed E-state index contributed by atoms with van der Waals surface area (Å²) < 4.78 is 5.19. The second-order valence-electron chi connectivity index (χ2n) is 8.46. The first-order valence-corrected chi connectivity index (χ1v) is 11.6. The summed E-state index contributed by atoms with van der Waals surface area (Å²) in [5.74, 6) is 1.65. The minimum atomic E-state index is 0. The average molecular weight is 546 g/mol. The van der Waals surface area contributed by atoms with Crippen LogP contribution < -0.4 is 10.6 Å². The molecule has 1 aliphatic heterocycles. The fourth-order valence-corrected chi connectivity index (χ4v) is 3.82. The number of ether oxygens (including phenoxy) is 1. The molecule has 1 heterocycles. The summed E-state index contributed by atoms with van der Waals surface area (Å²) in [6, 6.07) is 11.2. The van der Waals surface area contributed by atoms with Crippen molar-refractivity contribution in [2.75, 3.05) is 60.0 Å². The Morgan fingerprint density at radius 2 is 1.94 bits per heavy atom. The highest BCUT2D eigenvalue weighted by Crippen LogP contribution is 2.17. The summed E-state index contributed by atoms with van der Waals surface area (Å²) in [5, 5.41) is 6.93. The maximum Gasteiger partial charge on any atom is 0.191 e. The zero-order valence-corrected chi connectivity index (χ0v) is 22.3. The number of methoxy groups -OCH3 is 1. The summed E-state index contributed by atoms with van der Waals surface area (Å²) in [4.78, 5) is 9.79. The fourth-order valence-electron chi connectivity index (χ4n) is 3.82. The predicted octanol–water partition coefficient (Wildman–Crippen LogP) is 3.43. The number of benzene rings is 1. The van der Waals surface area contributed by atoms with Crippen molar-refractivity contribution in [2.24, 2.45) is 10.9 Å². The van der Waals surface area contributed by atoms with Crippen LogP contribution in [0.2, 0.25) is 0 Å². The van der Waals surface area contributed by atoms with Crippen LogP contribution >= 0.6 is 24.0 Å². The Balaban J connectivity index is 0.00000480. The van der Waals surface area contributed by atoms with E-state index in [1.54, 1.807) is 7.11 Å². The van der Waals surface area contributed by atoms with Gasteiger partial charge >= 0.3 is 0 Å². The number of nitrogens with zero attached hydrogens (tertiary/aromatic N) is 3. The molecule has 2 rings (SSSR count). The molecular formula is C24H44IN5O. The van der Waals surface area contributed by atoms with E-state index < -0.39 is 0 Å². The number of guanidine groups is 1. The Labute approximate surface area is 207 Å². The van der Waals surface area contributed by atoms with Crippen molar-refractivity contribution in [2.45, 2.75) is 45.7 Å². The molecule has 0 amide bonds. The molecule has 1 saturated heterocycles. The molecule has 0 saturated carbocycles. The Bertz CT molecular complexity index is 593. The third-order valence-electron chi connectivity index (χ3n) is 6.05. The van der Waals surface area contributed by atoms with Gasteiger partial charge in [0, 0.05) is 45.9 Å². The lowest BCUT2D eigenvalue weighted by atomic mass is 9.97. The van der Waals surface area contributed by atoms with Crippen molar-refractivity contribution in [3.8, 4) is 0 Å². The molecule has 7 heteroatoms. The second-order valence-corrected chi connectivity index (χ2v) is 8.46. The van der Waals surface area contributed by atoms with Crippen LogP contribution in [0, 0.1) is 5.92 Å². The molecule has 1 unspecified atom stereocenters. The first-order valence-electron chi connectivity index (χ1n) is 11.6. The number of aliphatic imine (C=N–C) groups is 1. The first kappa shape index (κ1) is 28.1. The SMILES string of the molecule is CCNC(=NCC1CCN(CCOC)CC1)NCCC(C)N(C)Cc1ccccc1.I. The second kappa shape index (κ2) is 16.7. The number of halogens is 1. The number of hydrogen-bond donors (Lipinski definition) is 2. The van der Waals surface area contributed by atoms with Crippen LogP contribution in [0.1, 0.15) is 38.7 Å².